The number of nitrogens with one attached hydrogen (secondary N) is 1. The van der Waals surface area contributed by atoms with Crippen LogP contribution in [0.15, 0.2) is 18.2 Å². The molecule has 0 aliphatic carbocycles. The summed E-state index contributed by atoms with van der Waals surface area (Å²) in [7, 11) is 0. The zero-order valence-corrected chi connectivity index (χ0v) is 12.8. The van der Waals surface area contributed by atoms with E-state index in [9.17, 15) is 0 Å². The quantitative estimate of drug-likeness (QED) is 0.848. The Morgan fingerprint density at radius 3 is 2.63 bits per heavy atom. The van der Waals surface area contributed by atoms with Crippen LogP contribution in [-0.4, -0.2) is 18.1 Å². The standard InChI is InChI=1S/C16H22N2S/c1-16(2,3)12-4-5-14-13(10-12)18-15(19-14)11-6-8-17-9-7-11/h4-5,10-11,17H,6-9H2,1-3H3. The molecule has 0 spiro atoms. The van der Waals surface area contributed by atoms with Gasteiger partial charge in [0, 0.05) is 5.92 Å². The van der Waals surface area contributed by atoms with Crippen molar-refractivity contribution >= 4 is 21.6 Å². The van der Waals surface area contributed by atoms with Crippen LogP contribution in [0.5, 0.6) is 0 Å². The smallest absolute Gasteiger partial charge is 0.0970 e. The fourth-order valence-corrected chi connectivity index (χ4v) is 3.77. The molecule has 0 amide bonds. The molecule has 1 aromatic carbocycles. The first-order valence-corrected chi connectivity index (χ1v) is 7.97. The number of rotatable bonds is 1. The summed E-state index contributed by atoms with van der Waals surface area (Å²) in [5.74, 6) is 0.664. The van der Waals surface area contributed by atoms with Gasteiger partial charge in [0.1, 0.15) is 0 Å². The van der Waals surface area contributed by atoms with Crippen LogP contribution >= 0.6 is 11.3 Å². The molecule has 2 nitrogen and oxygen atoms in total. The molecule has 1 aliphatic rings. The summed E-state index contributed by atoms with van der Waals surface area (Å²) < 4.78 is 1.33. The molecule has 3 rings (SSSR count). The van der Waals surface area contributed by atoms with Crippen molar-refractivity contribution in [2.45, 2.75) is 44.9 Å². The number of thiazole rings is 1. The van der Waals surface area contributed by atoms with Crippen LogP contribution < -0.4 is 5.32 Å². The number of nitrogens with zero attached hydrogens (tertiary/aromatic N) is 1. The predicted octanol–water partition coefficient (Wildman–Crippen LogP) is 4.06. The van der Waals surface area contributed by atoms with Gasteiger partial charge in [-0.2, -0.15) is 0 Å². The average molecular weight is 274 g/mol. The Morgan fingerprint density at radius 2 is 1.95 bits per heavy atom. The van der Waals surface area contributed by atoms with Gasteiger partial charge in [0.15, 0.2) is 0 Å². The lowest BCUT2D eigenvalue weighted by Gasteiger charge is -2.20. The zero-order valence-electron chi connectivity index (χ0n) is 12.0. The van der Waals surface area contributed by atoms with Crippen molar-refractivity contribution in [3.8, 4) is 0 Å². The topological polar surface area (TPSA) is 24.9 Å². The first-order valence-electron chi connectivity index (χ1n) is 7.16. The highest BCUT2D eigenvalue weighted by Crippen LogP contribution is 2.34. The maximum atomic E-state index is 4.90. The highest BCUT2D eigenvalue weighted by atomic mass is 32.1. The molecular formula is C16H22N2S. The van der Waals surface area contributed by atoms with Crippen LogP contribution in [0, 0.1) is 0 Å². The van der Waals surface area contributed by atoms with Crippen molar-refractivity contribution in [1.29, 1.82) is 0 Å². The summed E-state index contributed by atoms with van der Waals surface area (Å²) in [6.45, 7) is 9.04. The van der Waals surface area contributed by atoms with Gasteiger partial charge in [-0.3, -0.25) is 0 Å². The summed E-state index contributed by atoms with van der Waals surface area (Å²) in [5.41, 5.74) is 2.76. The fourth-order valence-electron chi connectivity index (χ4n) is 2.66. The van der Waals surface area contributed by atoms with Gasteiger partial charge in [0.05, 0.1) is 15.2 Å². The number of piperidine rings is 1. The van der Waals surface area contributed by atoms with Crippen molar-refractivity contribution < 1.29 is 0 Å². The van der Waals surface area contributed by atoms with Gasteiger partial charge in [-0.1, -0.05) is 26.8 Å². The Kier molecular flexibility index (Phi) is 3.35. The normalized spacial score (nSPS) is 18.1. The summed E-state index contributed by atoms with van der Waals surface area (Å²) in [6.07, 6.45) is 2.46. The van der Waals surface area contributed by atoms with Gasteiger partial charge in [0.25, 0.3) is 0 Å². The molecular weight excluding hydrogens is 252 g/mol. The van der Waals surface area contributed by atoms with Crippen LogP contribution in [0.25, 0.3) is 10.2 Å². The van der Waals surface area contributed by atoms with Gasteiger partial charge < -0.3 is 5.32 Å². The lowest BCUT2D eigenvalue weighted by Crippen LogP contribution is -2.26. The van der Waals surface area contributed by atoms with Crippen LogP contribution in [0.3, 0.4) is 0 Å². The second-order valence-electron chi connectivity index (χ2n) is 6.51. The number of benzene rings is 1. The molecule has 19 heavy (non-hydrogen) atoms. The van der Waals surface area contributed by atoms with Gasteiger partial charge >= 0.3 is 0 Å². The molecule has 2 aromatic rings. The number of hydrogen-bond donors (Lipinski definition) is 1. The minimum absolute atomic E-state index is 0.201. The van der Waals surface area contributed by atoms with E-state index in [0.717, 1.165) is 13.1 Å². The van der Waals surface area contributed by atoms with Gasteiger partial charge in [-0.15, -0.1) is 11.3 Å². The maximum absolute atomic E-state index is 4.90. The molecule has 0 atom stereocenters. The Labute approximate surface area is 119 Å². The van der Waals surface area contributed by atoms with Crippen molar-refractivity contribution in [3.05, 3.63) is 28.8 Å². The SMILES string of the molecule is CC(C)(C)c1ccc2sc(C3CCNCC3)nc2c1. The number of hydrogen-bond acceptors (Lipinski definition) is 3. The van der Waals surface area contributed by atoms with Crippen LogP contribution in [0.2, 0.25) is 0 Å². The molecule has 1 saturated heterocycles. The van der Waals surface area contributed by atoms with E-state index in [4.69, 9.17) is 4.98 Å². The minimum Gasteiger partial charge on any atom is -0.317 e. The highest BCUT2D eigenvalue weighted by molar-refractivity contribution is 7.18. The monoisotopic (exact) mass is 274 g/mol. The highest BCUT2D eigenvalue weighted by Gasteiger charge is 2.20. The van der Waals surface area contributed by atoms with E-state index in [1.54, 1.807) is 0 Å². The van der Waals surface area contributed by atoms with Gasteiger partial charge in [-0.05, 0) is 49.0 Å². The van der Waals surface area contributed by atoms with Crippen LogP contribution in [-0.2, 0) is 5.41 Å². The molecule has 3 heteroatoms. The third kappa shape index (κ3) is 2.67. The summed E-state index contributed by atoms with van der Waals surface area (Å²) in [6, 6.07) is 6.78. The molecule has 0 radical (unpaired) electrons. The molecule has 0 unspecified atom stereocenters. The zero-order chi connectivity index (χ0) is 13.5. The predicted molar refractivity (Wildman–Crippen MR) is 83.2 cm³/mol. The summed E-state index contributed by atoms with van der Waals surface area (Å²) in [4.78, 5) is 4.90. The average Bonchev–Trinajstić information content (AvgIpc) is 2.81. The van der Waals surface area contributed by atoms with Gasteiger partial charge in [0.2, 0.25) is 0 Å². The van der Waals surface area contributed by atoms with E-state index in [1.165, 1.54) is 33.6 Å². The Bertz CT molecular complexity index is 574. The Hall–Kier alpha value is -0.930. The second-order valence-corrected chi connectivity index (χ2v) is 7.57. The van der Waals surface area contributed by atoms with Crippen molar-refractivity contribution in [1.82, 2.24) is 10.3 Å². The van der Waals surface area contributed by atoms with E-state index in [2.05, 4.69) is 44.3 Å². The molecule has 2 heterocycles. The lowest BCUT2D eigenvalue weighted by atomic mass is 9.87. The molecule has 1 fully saturated rings. The van der Waals surface area contributed by atoms with Crippen LogP contribution in [0.1, 0.15) is 50.1 Å². The van der Waals surface area contributed by atoms with Crippen molar-refractivity contribution in [3.63, 3.8) is 0 Å². The van der Waals surface area contributed by atoms with E-state index in [0.29, 0.717) is 5.92 Å². The summed E-state index contributed by atoms with van der Waals surface area (Å²) in [5, 5.41) is 4.76. The molecule has 1 aromatic heterocycles. The van der Waals surface area contributed by atoms with E-state index < -0.39 is 0 Å². The molecule has 0 bridgehead atoms. The fraction of sp³-hybridized carbons (Fsp3) is 0.562. The number of aromatic nitrogens is 1. The Morgan fingerprint density at radius 1 is 1.21 bits per heavy atom. The first-order chi connectivity index (χ1) is 9.04. The number of fused-ring (bicyclic) bond motifs is 1. The minimum atomic E-state index is 0.201. The third-order valence-electron chi connectivity index (χ3n) is 3.96. The Balaban J connectivity index is 1.96. The molecule has 0 saturated carbocycles. The van der Waals surface area contributed by atoms with E-state index in [-0.39, 0.29) is 5.41 Å². The van der Waals surface area contributed by atoms with E-state index >= 15 is 0 Å². The first kappa shape index (κ1) is 13.1. The largest absolute Gasteiger partial charge is 0.317 e. The van der Waals surface area contributed by atoms with Crippen molar-refractivity contribution in [2.75, 3.05) is 13.1 Å². The van der Waals surface area contributed by atoms with Crippen LogP contribution in [0.4, 0.5) is 0 Å². The van der Waals surface area contributed by atoms with Gasteiger partial charge in [-0.25, -0.2) is 4.98 Å². The third-order valence-corrected chi connectivity index (χ3v) is 5.16. The van der Waals surface area contributed by atoms with E-state index in [1.807, 2.05) is 11.3 Å². The summed E-state index contributed by atoms with van der Waals surface area (Å²) >= 11 is 1.88. The lowest BCUT2D eigenvalue weighted by molar-refractivity contribution is 0.459. The molecule has 1 aliphatic heterocycles. The van der Waals surface area contributed by atoms with Crippen molar-refractivity contribution in [2.24, 2.45) is 0 Å². The molecule has 1 N–H and O–H groups in total. The maximum Gasteiger partial charge on any atom is 0.0970 e. The second kappa shape index (κ2) is 4.88. The molecule has 102 valence electrons.